The number of carboxylic acid groups (broad SMARTS) is 1. The second-order valence-corrected chi connectivity index (χ2v) is 16.3. The molecule has 0 saturated carbocycles. The molecule has 2 aromatic carbocycles. The Morgan fingerprint density at radius 3 is 1.92 bits per heavy atom. The monoisotopic (exact) mass is 523 g/mol. The molecule has 0 unspecified atom stereocenters. The summed E-state index contributed by atoms with van der Waals surface area (Å²) in [6, 6.07) is 20.9. The van der Waals surface area contributed by atoms with Gasteiger partial charge in [0, 0.05) is 25.1 Å². The standard InChI is InChI=1S/C30H41NO5Si/c1-28(2,3)30(19-18-26(32)35-7)20-23(21-31(30)27(33)34)22-36-37(29(4,5)6,24-14-10-8-11-15-24)25-16-12-9-13-17-25/h8-19,23H,20-22H2,1-7H3,(H,33,34)/b19-18+/t23-,30-/m0/s1. The maximum Gasteiger partial charge on any atom is 0.408 e. The van der Waals surface area contributed by atoms with E-state index >= 15 is 0 Å². The van der Waals surface area contributed by atoms with Crippen LogP contribution in [0.5, 0.6) is 0 Å². The van der Waals surface area contributed by atoms with Gasteiger partial charge >= 0.3 is 12.1 Å². The Bertz CT molecular complexity index is 1060. The van der Waals surface area contributed by atoms with Gasteiger partial charge in [-0.1, -0.05) is 108 Å². The summed E-state index contributed by atoms with van der Waals surface area (Å²) in [6.07, 6.45) is 2.62. The van der Waals surface area contributed by atoms with Crippen molar-refractivity contribution in [2.24, 2.45) is 11.3 Å². The number of carbonyl (C=O) groups is 2. The third-order valence-electron chi connectivity index (χ3n) is 7.70. The van der Waals surface area contributed by atoms with Crippen molar-refractivity contribution in [1.82, 2.24) is 4.90 Å². The van der Waals surface area contributed by atoms with Gasteiger partial charge in [-0.3, -0.25) is 4.90 Å². The van der Waals surface area contributed by atoms with E-state index in [9.17, 15) is 14.7 Å². The molecule has 1 aliphatic rings. The predicted molar refractivity (Wildman–Crippen MR) is 150 cm³/mol. The predicted octanol–water partition coefficient (Wildman–Crippen LogP) is 5.08. The smallest absolute Gasteiger partial charge is 0.408 e. The number of hydrogen-bond donors (Lipinski definition) is 1. The Hall–Kier alpha value is -2.90. The van der Waals surface area contributed by atoms with E-state index < -0.39 is 31.3 Å². The summed E-state index contributed by atoms with van der Waals surface area (Å²) >= 11 is 0. The highest BCUT2D eigenvalue weighted by Crippen LogP contribution is 2.47. The van der Waals surface area contributed by atoms with Crippen LogP contribution in [0.2, 0.25) is 5.04 Å². The SMILES string of the molecule is COC(=O)/C=C/[C@@]1(C(C)(C)C)C[C@H](CO[Si](c2ccccc2)(c2ccccc2)C(C)(C)C)CN1C(=O)O. The third kappa shape index (κ3) is 5.53. The highest BCUT2D eigenvalue weighted by atomic mass is 28.4. The summed E-state index contributed by atoms with van der Waals surface area (Å²) in [5, 5.41) is 12.4. The fourth-order valence-electron chi connectivity index (χ4n) is 5.79. The fraction of sp³-hybridized carbons (Fsp3) is 0.467. The van der Waals surface area contributed by atoms with Crippen molar-refractivity contribution >= 4 is 30.8 Å². The van der Waals surface area contributed by atoms with Gasteiger partial charge < -0.3 is 14.3 Å². The normalized spacial score (nSPS) is 20.8. The maximum atomic E-state index is 12.5. The molecule has 0 aliphatic carbocycles. The lowest BCUT2D eigenvalue weighted by atomic mass is 9.70. The topological polar surface area (TPSA) is 76.1 Å². The van der Waals surface area contributed by atoms with Crippen LogP contribution in [-0.2, 0) is 14.0 Å². The van der Waals surface area contributed by atoms with Gasteiger partial charge in [0.25, 0.3) is 8.32 Å². The minimum atomic E-state index is -2.76. The van der Waals surface area contributed by atoms with Crippen molar-refractivity contribution in [3.05, 3.63) is 72.8 Å². The summed E-state index contributed by atoms with van der Waals surface area (Å²) < 4.78 is 11.9. The molecule has 0 radical (unpaired) electrons. The first kappa shape index (κ1) is 28.7. The van der Waals surface area contributed by atoms with Gasteiger partial charge in [0.1, 0.15) is 0 Å². The molecule has 2 aromatic rings. The second kappa shape index (κ2) is 10.8. The van der Waals surface area contributed by atoms with Crippen molar-refractivity contribution in [1.29, 1.82) is 0 Å². The number of likely N-dealkylation sites (tertiary alicyclic amines) is 1. The lowest BCUT2D eigenvalue weighted by molar-refractivity contribution is -0.134. The zero-order chi connectivity index (χ0) is 27.5. The molecule has 1 saturated heterocycles. The quantitative estimate of drug-likeness (QED) is 0.311. The first-order chi connectivity index (χ1) is 17.3. The van der Waals surface area contributed by atoms with Crippen LogP contribution >= 0.6 is 0 Å². The van der Waals surface area contributed by atoms with Crippen LogP contribution in [0.15, 0.2) is 72.8 Å². The fourth-order valence-corrected chi connectivity index (χ4v) is 10.4. The Morgan fingerprint density at radius 1 is 1.00 bits per heavy atom. The van der Waals surface area contributed by atoms with Crippen LogP contribution in [0.3, 0.4) is 0 Å². The summed E-state index contributed by atoms with van der Waals surface area (Å²) in [6.45, 7) is 13.5. The molecule has 0 bridgehead atoms. The largest absolute Gasteiger partial charge is 0.466 e. The molecule has 2 atom stereocenters. The average Bonchev–Trinajstić information content (AvgIpc) is 3.24. The molecular weight excluding hydrogens is 482 g/mol. The number of benzene rings is 2. The summed E-state index contributed by atoms with van der Waals surface area (Å²) in [5.41, 5.74) is -1.32. The molecule has 37 heavy (non-hydrogen) atoms. The molecule has 1 heterocycles. The minimum absolute atomic E-state index is 0.0423. The number of nitrogens with zero attached hydrogens (tertiary/aromatic N) is 1. The molecule has 0 spiro atoms. The van der Waals surface area contributed by atoms with Crippen LogP contribution < -0.4 is 10.4 Å². The van der Waals surface area contributed by atoms with E-state index in [0.29, 0.717) is 19.6 Å². The molecule has 7 heteroatoms. The van der Waals surface area contributed by atoms with E-state index in [-0.39, 0.29) is 11.0 Å². The lowest BCUT2D eigenvalue weighted by Crippen LogP contribution is -2.67. The van der Waals surface area contributed by atoms with E-state index in [4.69, 9.17) is 9.16 Å². The number of hydrogen-bond acceptors (Lipinski definition) is 4. The van der Waals surface area contributed by atoms with Crippen LogP contribution in [0.25, 0.3) is 0 Å². The maximum absolute atomic E-state index is 12.5. The third-order valence-corrected chi connectivity index (χ3v) is 12.7. The molecule has 1 fully saturated rings. The Morgan fingerprint density at radius 2 is 1.51 bits per heavy atom. The molecular formula is C30H41NO5Si. The lowest BCUT2D eigenvalue weighted by Gasteiger charge is -2.45. The summed E-state index contributed by atoms with van der Waals surface area (Å²) in [5.74, 6) is -0.541. The molecule has 0 aromatic heterocycles. The second-order valence-electron chi connectivity index (χ2n) is 12.0. The van der Waals surface area contributed by atoms with E-state index in [1.165, 1.54) is 28.5 Å². The highest BCUT2D eigenvalue weighted by molar-refractivity contribution is 6.99. The van der Waals surface area contributed by atoms with Crippen molar-refractivity contribution in [3.8, 4) is 0 Å². The van der Waals surface area contributed by atoms with Crippen molar-refractivity contribution in [2.45, 2.75) is 58.5 Å². The van der Waals surface area contributed by atoms with Gasteiger partial charge in [0.15, 0.2) is 0 Å². The number of ether oxygens (including phenoxy) is 1. The van der Waals surface area contributed by atoms with E-state index in [0.717, 1.165) is 0 Å². The Balaban J connectivity index is 2.04. The van der Waals surface area contributed by atoms with Crippen molar-refractivity contribution in [2.75, 3.05) is 20.3 Å². The minimum Gasteiger partial charge on any atom is -0.466 e. The summed E-state index contributed by atoms with van der Waals surface area (Å²) in [7, 11) is -1.44. The zero-order valence-corrected chi connectivity index (χ0v) is 24.2. The van der Waals surface area contributed by atoms with Crippen LogP contribution in [-0.4, -0.2) is 56.2 Å². The molecule has 1 amide bonds. The number of rotatable bonds is 7. The molecule has 1 aliphatic heterocycles. The highest BCUT2D eigenvalue weighted by Gasteiger charge is 2.55. The van der Waals surface area contributed by atoms with Gasteiger partial charge in [0.05, 0.1) is 12.6 Å². The number of methoxy groups -OCH3 is 1. The summed E-state index contributed by atoms with van der Waals surface area (Å²) in [4.78, 5) is 25.9. The van der Waals surface area contributed by atoms with Gasteiger partial charge in [-0.05, 0) is 27.2 Å². The van der Waals surface area contributed by atoms with Gasteiger partial charge in [0.2, 0.25) is 0 Å². The first-order valence-corrected chi connectivity index (χ1v) is 14.7. The van der Waals surface area contributed by atoms with Gasteiger partial charge in [-0.25, -0.2) is 9.59 Å². The average molecular weight is 524 g/mol. The molecule has 200 valence electrons. The van der Waals surface area contributed by atoms with E-state index in [1.807, 2.05) is 32.9 Å². The van der Waals surface area contributed by atoms with Crippen molar-refractivity contribution < 1.29 is 23.9 Å². The number of amides is 1. The Kier molecular flexibility index (Phi) is 8.39. The first-order valence-electron chi connectivity index (χ1n) is 12.8. The van der Waals surface area contributed by atoms with E-state index in [2.05, 4.69) is 69.3 Å². The Labute approximate surface area is 222 Å². The van der Waals surface area contributed by atoms with E-state index in [1.54, 1.807) is 6.08 Å². The van der Waals surface area contributed by atoms with Crippen molar-refractivity contribution in [3.63, 3.8) is 0 Å². The zero-order valence-electron chi connectivity index (χ0n) is 23.2. The number of esters is 1. The molecule has 3 rings (SSSR count). The van der Waals surface area contributed by atoms with Crippen LogP contribution in [0, 0.1) is 11.3 Å². The van der Waals surface area contributed by atoms with Crippen LogP contribution in [0.1, 0.15) is 48.0 Å². The van der Waals surface area contributed by atoms with Gasteiger partial charge in [-0.15, -0.1) is 0 Å². The van der Waals surface area contributed by atoms with Gasteiger partial charge in [-0.2, -0.15) is 0 Å². The van der Waals surface area contributed by atoms with Crippen LogP contribution in [0.4, 0.5) is 4.79 Å². The number of carbonyl (C=O) groups excluding carboxylic acids is 1. The molecule has 1 N–H and O–H groups in total. The molecule has 6 nitrogen and oxygen atoms in total.